The molecule has 2 N–H and O–H groups in total. The topological polar surface area (TPSA) is 50.4 Å². The number of amides is 1. The van der Waals surface area contributed by atoms with Gasteiger partial charge in [-0.2, -0.15) is 0 Å². The van der Waals surface area contributed by atoms with Crippen LogP contribution in [0.5, 0.6) is 0 Å². The molecule has 0 radical (unpaired) electrons. The van der Waals surface area contributed by atoms with E-state index in [1.807, 2.05) is 0 Å². The van der Waals surface area contributed by atoms with E-state index in [1.165, 1.54) is 12.8 Å². The molecule has 0 spiro atoms. The lowest BCUT2D eigenvalue weighted by molar-refractivity contribution is -0.129. The van der Waals surface area contributed by atoms with Crippen LogP contribution in [0.25, 0.3) is 0 Å². The summed E-state index contributed by atoms with van der Waals surface area (Å²) in [4.78, 5) is 11.6. The number of hydrogen-bond acceptors (Lipinski definition) is 3. The Balaban J connectivity index is 1.65. The molecule has 0 aromatic rings. The van der Waals surface area contributed by atoms with Crippen LogP contribution in [-0.2, 0) is 9.53 Å². The average Bonchev–Trinajstić information content (AvgIpc) is 3.18. The van der Waals surface area contributed by atoms with Crippen molar-refractivity contribution in [3.05, 3.63) is 0 Å². The Morgan fingerprint density at radius 3 is 2.78 bits per heavy atom. The van der Waals surface area contributed by atoms with E-state index in [1.54, 1.807) is 0 Å². The summed E-state index contributed by atoms with van der Waals surface area (Å²) in [6.07, 6.45) is 5.97. The number of carbonyl (C=O) groups excluding carboxylic acids is 1. The Morgan fingerprint density at radius 2 is 2.11 bits per heavy atom. The fourth-order valence-corrected chi connectivity index (χ4v) is 2.57. The quantitative estimate of drug-likeness (QED) is 0.754. The SMILES string of the molecule is CCC1NC(C)CCC1OCC(=O)NCC1CC1. The Bertz CT molecular complexity index is 279. The van der Waals surface area contributed by atoms with Crippen LogP contribution in [0.1, 0.15) is 46.0 Å². The summed E-state index contributed by atoms with van der Waals surface area (Å²) in [6.45, 7) is 5.42. The Hall–Kier alpha value is -0.610. The molecule has 0 bridgehead atoms. The predicted octanol–water partition coefficient (Wildman–Crippen LogP) is 1.45. The lowest BCUT2D eigenvalue weighted by atomic mass is 9.95. The Labute approximate surface area is 110 Å². The lowest BCUT2D eigenvalue weighted by Gasteiger charge is -2.35. The minimum atomic E-state index is 0.0374. The monoisotopic (exact) mass is 254 g/mol. The first kappa shape index (κ1) is 13.8. The molecule has 4 heteroatoms. The first-order chi connectivity index (χ1) is 8.69. The molecule has 1 aliphatic carbocycles. The van der Waals surface area contributed by atoms with Gasteiger partial charge in [-0.05, 0) is 44.9 Å². The second kappa shape index (κ2) is 6.53. The zero-order valence-corrected chi connectivity index (χ0v) is 11.6. The molecule has 4 nitrogen and oxygen atoms in total. The van der Waals surface area contributed by atoms with Gasteiger partial charge >= 0.3 is 0 Å². The summed E-state index contributed by atoms with van der Waals surface area (Å²) < 4.78 is 5.77. The summed E-state index contributed by atoms with van der Waals surface area (Å²) in [7, 11) is 0. The van der Waals surface area contributed by atoms with Gasteiger partial charge in [-0.15, -0.1) is 0 Å². The molecule has 3 atom stereocenters. The first-order valence-electron chi connectivity index (χ1n) is 7.33. The van der Waals surface area contributed by atoms with E-state index in [4.69, 9.17) is 4.74 Å². The van der Waals surface area contributed by atoms with Crippen molar-refractivity contribution >= 4 is 5.91 Å². The average molecular weight is 254 g/mol. The maximum Gasteiger partial charge on any atom is 0.246 e. The third-order valence-electron chi connectivity index (χ3n) is 3.98. The van der Waals surface area contributed by atoms with Crippen LogP contribution in [0.4, 0.5) is 0 Å². The van der Waals surface area contributed by atoms with Crippen molar-refractivity contribution in [2.24, 2.45) is 5.92 Å². The summed E-state index contributed by atoms with van der Waals surface area (Å²) >= 11 is 0. The van der Waals surface area contributed by atoms with Crippen molar-refractivity contribution in [3.63, 3.8) is 0 Å². The van der Waals surface area contributed by atoms with Gasteiger partial charge in [0, 0.05) is 18.6 Å². The van der Waals surface area contributed by atoms with E-state index in [9.17, 15) is 4.79 Å². The van der Waals surface area contributed by atoms with Crippen molar-refractivity contribution in [2.45, 2.75) is 64.1 Å². The van der Waals surface area contributed by atoms with Gasteiger partial charge in [-0.3, -0.25) is 4.79 Å². The molecule has 1 saturated heterocycles. The van der Waals surface area contributed by atoms with Gasteiger partial charge in [0.15, 0.2) is 0 Å². The smallest absolute Gasteiger partial charge is 0.246 e. The molecular formula is C14H26N2O2. The predicted molar refractivity (Wildman–Crippen MR) is 71.4 cm³/mol. The second-order valence-electron chi connectivity index (χ2n) is 5.76. The molecule has 0 aromatic carbocycles. The number of piperidine rings is 1. The van der Waals surface area contributed by atoms with E-state index in [0.717, 1.165) is 31.7 Å². The zero-order chi connectivity index (χ0) is 13.0. The first-order valence-corrected chi connectivity index (χ1v) is 7.33. The van der Waals surface area contributed by atoms with Crippen LogP contribution in [0.2, 0.25) is 0 Å². The number of carbonyl (C=O) groups is 1. The number of rotatable bonds is 6. The number of ether oxygens (including phenoxy) is 1. The van der Waals surface area contributed by atoms with E-state index >= 15 is 0 Å². The highest BCUT2D eigenvalue weighted by atomic mass is 16.5. The third kappa shape index (κ3) is 4.25. The van der Waals surface area contributed by atoms with Gasteiger partial charge in [0.1, 0.15) is 6.61 Å². The van der Waals surface area contributed by atoms with Gasteiger partial charge in [-0.1, -0.05) is 6.92 Å². The molecule has 18 heavy (non-hydrogen) atoms. The van der Waals surface area contributed by atoms with Crippen molar-refractivity contribution < 1.29 is 9.53 Å². The minimum Gasteiger partial charge on any atom is -0.367 e. The van der Waals surface area contributed by atoms with Gasteiger partial charge in [-0.25, -0.2) is 0 Å². The second-order valence-corrected chi connectivity index (χ2v) is 5.76. The largest absolute Gasteiger partial charge is 0.367 e. The van der Waals surface area contributed by atoms with Gasteiger partial charge in [0.25, 0.3) is 0 Å². The third-order valence-corrected chi connectivity index (χ3v) is 3.98. The summed E-state index contributed by atoms with van der Waals surface area (Å²) in [5.74, 6) is 0.768. The molecule has 3 unspecified atom stereocenters. The molecule has 104 valence electrons. The molecular weight excluding hydrogens is 228 g/mol. The minimum absolute atomic E-state index is 0.0374. The van der Waals surface area contributed by atoms with Crippen molar-refractivity contribution in [1.29, 1.82) is 0 Å². The zero-order valence-electron chi connectivity index (χ0n) is 11.6. The highest BCUT2D eigenvalue weighted by Gasteiger charge is 2.28. The fourth-order valence-electron chi connectivity index (χ4n) is 2.57. The van der Waals surface area contributed by atoms with Crippen molar-refractivity contribution in [2.75, 3.05) is 13.2 Å². The van der Waals surface area contributed by atoms with Crippen LogP contribution >= 0.6 is 0 Å². The molecule has 1 saturated carbocycles. The molecule has 1 amide bonds. The summed E-state index contributed by atoms with van der Waals surface area (Å²) in [5, 5.41) is 6.48. The number of nitrogens with one attached hydrogen (secondary N) is 2. The van der Waals surface area contributed by atoms with Crippen LogP contribution < -0.4 is 10.6 Å². The highest BCUT2D eigenvalue weighted by molar-refractivity contribution is 5.77. The Morgan fingerprint density at radius 1 is 1.33 bits per heavy atom. The van der Waals surface area contributed by atoms with Crippen LogP contribution in [-0.4, -0.2) is 37.2 Å². The molecule has 2 aliphatic rings. The van der Waals surface area contributed by atoms with E-state index in [-0.39, 0.29) is 18.6 Å². The van der Waals surface area contributed by atoms with Gasteiger partial charge in [0.2, 0.25) is 5.91 Å². The highest BCUT2D eigenvalue weighted by Crippen LogP contribution is 2.27. The standard InChI is InChI=1S/C14H26N2O2/c1-3-12-13(7-4-10(2)16-12)18-9-14(17)15-8-11-5-6-11/h10-13,16H,3-9H2,1-2H3,(H,15,17). The fraction of sp³-hybridized carbons (Fsp3) is 0.929. The van der Waals surface area contributed by atoms with E-state index in [0.29, 0.717) is 12.1 Å². The maximum absolute atomic E-state index is 11.6. The summed E-state index contributed by atoms with van der Waals surface area (Å²) in [6, 6.07) is 0.962. The van der Waals surface area contributed by atoms with Crippen LogP contribution in [0.3, 0.4) is 0 Å². The van der Waals surface area contributed by atoms with Crippen molar-refractivity contribution in [1.82, 2.24) is 10.6 Å². The molecule has 0 aromatic heterocycles. The van der Waals surface area contributed by atoms with Crippen LogP contribution in [0.15, 0.2) is 0 Å². The number of hydrogen-bond donors (Lipinski definition) is 2. The molecule has 2 fully saturated rings. The van der Waals surface area contributed by atoms with Gasteiger partial charge < -0.3 is 15.4 Å². The van der Waals surface area contributed by atoms with Gasteiger partial charge in [0.05, 0.1) is 6.10 Å². The molecule has 1 aliphatic heterocycles. The Kier molecular flexibility index (Phi) is 5.01. The van der Waals surface area contributed by atoms with E-state index < -0.39 is 0 Å². The molecule has 1 heterocycles. The maximum atomic E-state index is 11.6. The van der Waals surface area contributed by atoms with Crippen molar-refractivity contribution in [3.8, 4) is 0 Å². The normalized spacial score (nSPS) is 32.2. The van der Waals surface area contributed by atoms with E-state index in [2.05, 4.69) is 24.5 Å². The van der Waals surface area contributed by atoms with Crippen LogP contribution in [0, 0.1) is 5.92 Å². The lowest BCUT2D eigenvalue weighted by Crippen LogP contribution is -2.50. The summed E-state index contributed by atoms with van der Waals surface area (Å²) in [5.41, 5.74) is 0. The molecule has 2 rings (SSSR count).